The minimum absolute atomic E-state index is 0.368. The van der Waals surface area contributed by atoms with Crippen molar-refractivity contribution >= 4 is 10.9 Å². The van der Waals surface area contributed by atoms with E-state index in [4.69, 9.17) is 14.2 Å². The van der Waals surface area contributed by atoms with Gasteiger partial charge in [-0.1, -0.05) is 0 Å². The Morgan fingerprint density at radius 3 is 2.47 bits per heavy atom. The first-order valence-corrected chi connectivity index (χ1v) is 5.30. The molecule has 2 aromatic rings. The van der Waals surface area contributed by atoms with Gasteiger partial charge in [-0.15, -0.1) is 0 Å². The first kappa shape index (κ1) is 11.4. The van der Waals surface area contributed by atoms with Crippen LogP contribution in [0.2, 0.25) is 0 Å². The van der Waals surface area contributed by atoms with Gasteiger partial charge in [0.25, 0.3) is 0 Å². The number of hydrogen-bond donors (Lipinski definition) is 0. The summed E-state index contributed by atoms with van der Waals surface area (Å²) in [5, 5.41) is 0.881. The number of methoxy groups -OCH3 is 2. The van der Waals surface area contributed by atoms with Crippen LogP contribution in [0.1, 0.15) is 6.92 Å². The lowest BCUT2D eigenvalue weighted by Crippen LogP contribution is -1.98. The fourth-order valence-electron chi connectivity index (χ4n) is 1.54. The van der Waals surface area contributed by atoms with E-state index in [2.05, 4.69) is 9.97 Å². The highest BCUT2D eigenvalue weighted by molar-refractivity contribution is 5.82. The van der Waals surface area contributed by atoms with Gasteiger partial charge in [-0.3, -0.25) is 0 Å². The van der Waals surface area contributed by atoms with E-state index < -0.39 is 0 Å². The van der Waals surface area contributed by atoms with Crippen molar-refractivity contribution in [3.63, 3.8) is 0 Å². The summed E-state index contributed by atoms with van der Waals surface area (Å²) in [5.41, 5.74) is 0.765. The summed E-state index contributed by atoms with van der Waals surface area (Å²) in [5.74, 6) is 1.30. The van der Waals surface area contributed by atoms with Gasteiger partial charge in [0.1, 0.15) is 0 Å². The number of rotatable bonds is 4. The molecular weight excluding hydrogens is 220 g/mol. The molecule has 0 radical (unpaired) electrons. The van der Waals surface area contributed by atoms with Gasteiger partial charge in [-0.2, -0.15) is 4.98 Å². The van der Waals surface area contributed by atoms with Crippen LogP contribution in [-0.4, -0.2) is 30.8 Å². The molecule has 1 aromatic heterocycles. The van der Waals surface area contributed by atoms with Crippen molar-refractivity contribution in [3.8, 4) is 17.5 Å². The Morgan fingerprint density at radius 2 is 1.82 bits per heavy atom. The van der Waals surface area contributed by atoms with E-state index in [0.29, 0.717) is 24.1 Å². The van der Waals surface area contributed by atoms with Gasteiger partial charge in [0.2, 0.25) is 0 Å². The molecule has 0 spiro atoms. The third-order valence-electron chi connectivity index (χ3n) is 2.34. The quantitative estimate of drug-likeness (QED) is 0.810. The van der Waals surface area contributed by atoms with Crippen molar-refractivity contribution in [1.29, 1.82) is 0 Å². The van der Waals surface area contributed by atoms with Crippen LogP contribution in [0.3, 0.4) is 0 Å². The zero-order chi connectivity index (χ0) is 12.3. The third-order valence-corrected chi connectivity index (χ3v) is 2.34. The normalized spacial score (nSPS) is 10.3. The van der Waals surface area contributed by atoms with Gasteiger partial charge >= 0.3 is 6.01 Å². The lowest BCUT2D eigenvalue weighted by Gasteiger charge is -2.09. The van der Waals surface area contributed by atoms with E-state index >= 15 is 0 Å². The first-order chi connectivity index (χ1) is 8.28. The molecule has 5 heteroatoms. The SMILES string of the molecule is CCOc1ncc2cc(OC)c(OC)cc2n1. The van der Waals surface area contributed by atoms with Crippen LogP contribution < -0.4 is 14.2 Å². The van der Waals surface area contributed by atoms with E-state index in [1.165, 1.54) is 0 Å². The van der Waals surface area contributed by atoms with Crippen LogP contribution in [-0.2, 0) is 0 Å². The van der Waals surface area contributed by atoms with Gasteiger partial charge in [0, 0.05) is 17.6 Å². The number of ether oxygens (including phenoxy) is 3. The molecule has 0 atom stereocenters. The lowest BCUT2D eigenvalue weighted by atomic mass is 10.2. The zero-order valence-electron chi connectivity index (χ0n) is 10.1. The number of fused-ring (bicyclic) bond motifs is 1. The van der Waals surface area contributed by atoms with Crippen molar-refractivity contribution in [1.82, 2.24) is 9.97 Å². The minimum atomic E-state index is 0.368. The maximum atomic E-state index is 5.25. The monoisotopic (exact) mass is 234 g/mol. The smallest absolute Gasteiger partial charge is 0.316 e. The molecule has 0 bridgehead atoms. The predicted octanol–water partition coefficient (Wildman–Crippen LogP) is 2.05. The molecule has 1 aromatic carbocycles. The van der Waals surface area contributed by atoms with Crippen LogP contribution in [0.5, 0.6) is 17.5 Å². The molecule has 0 fully saturated rings. The van der Waals surface area contributed by atoms with Gasteiger partial charge in [0.05, 0.1) is 26.3 Å². The molecule has 0 amide bonds. The largest absolute Gasteiger partial charge is 0.493 e. The molecule has 0 aliphatic rings. The van der Waals surface area contributed by atoms with Crippen molar-refractivity contribution in [2.45, 2.75) is 6.92 Å². The Balaban J connectivity index is 2.54. The molecule has 1 heterocycles. The molecule has 0 saturated carbocycles. The molecule has 0 saturated heterocycles. The summed E-state index contributed by atoms with van der Waals surface area (Å²) in [7, 11) is 3.19. The molecule has 0 N–H and O–H groups in total. The Labute approximate surface area is 99.4 Å². The topological polar surface area (TPSA) is 53.5 Å². The second kappa shape index (κ2) is 4.86. The van der Waals surface area contributed by atoms with Crippen LogP contribution in [0, 0.1) is 0 Å². The molecule has 2 rings (SSSR count). The van der Waals surface area contributed by atoms with Crippen LogP contribution >= 0.6 is 0 Å². The maximum absolute atomic E-state index is 5.25. The Bertz CT molecular complexity index is 528. The molecule has 0 aliphatic heterocycles. The minimum Gasteiger partial charge on any atom is -0.493 e. The maximum Gasteiger partial charge on any atom is 0.316 e. The average molecular weight is 234 g/mol. The molecule has 90 valence electrons. The molecular formula is C12H14N2O3. The highest BCUT2D eigenvalue weighted by Crippen LogP contribution is 2.31. The highest BCUT2D eigenvalue weighted by atomic mass is 16.5. The van der Waals surface area contributed by atoms with Crippen LogP contribution in [0.15, 0.2) is 18.3 Å². The summed E-state index contributed by atoms with van der Waals surface area (Å²) < 4.78 is 15.7. The number of aromatic nitrogens is 2. The van der Waals surface area contributed by atoms with E-state index in [9.17, 15) is 0 Å². The molecule has 0 aliphatic carbocycles. The average Bonchev–Trinajstić information content (AvgIpc) is 2.37. The summed E-state index contributed by atoms with van der Waals surface area (Å²) in [6, 6.07) is 4.01. The molecule has 17 heavy (non-hydrogen) atoms. The second-order valence-electron chi connectivity index (χ2n) is 3.35. The van der Waals surface area contributed by atoms with Crippen molar-refractivity contribution in [2.75, 3.05) is 20.8 Å². The van der Waals surface area contributed by atoms with E-state index in [0.717, 1.165) is 10.9 Å². The number of benzene rings is 1. The summed E-state index contributed by atoms with van der Waals surface area (Å²) in [6.45, 7) is 2.43. The van der Waals surface area contributed by atoms with Crippen LogP contribution in [0.25, 0.3) is 10.9 Å². The van der Waals surface area contributed by atoms with Crippen molar-refractivity contribution in [3.05, 3.63) is 18.3 Å². The summed E-state index contributed by atoms with van der Waals surface area (Å²) >= 11 is 0. The fourth-order valence-corrected chi connectivity index (χ4v) is 1.54. The van der Waals surface area contributed by atoms with Gasteiger partial charge in [-0.05, 0) is 13.0 Å². The van der Waals surface area contributed by atoms with E-state index in [1.54, 1.807) is 26.5 Å². The Hall–Kier alpha value is -2.04. The van der Waals surface area contributed by atoms with Gasteiger partial charge in [0.15, 0.2) is 11.5 Å². The van der Waals surface area contributed by atoms with Crippen LogP contribution in [0.4, 0.5) is 0 Å². The number of hydrogen-bond acceptors (Lipinski definition) is 5. The van der Waals surface area contributed by atoms with Crippen molar-refractivity contribution in [2.24, 2.45) is 0 Å². The standard InChI is InChI=1S/C12H14N2O3/c1-4-17-12-13-7-8-5-10(15-2)11(16-3)6-9(8)14-12/h5-7H,4H2,1-3H3. The van der Waals surface area contributed by atoms with E-state index in [-0.39, 0.29) is 0 Å². The van der Waals surface area contributed by atoms with Gasteiger partial charge in [-0.25, -0.2) is 4.98 Å². The zero-order valence-corrected chi connectivity index (χ0v) is 10.1. The predicted molar refractivity (Wildman–Crippen MR) is 63.8 cm³/mol. The number of nitrogens with zero attached hydrogens (tertiary/aromatic N) is 2. The first-order valence-electron chi connectivity index (χ1n) is 5.30. The summed E-state index contributed by atoms with van der Waals surface area (Å²) in [4.78, 5) is 8.38. The van der Waals surface area contributed by atoms with E-state index in [1.807, 2.05) is 13.0 Å². The molecule has 0 unspecified atom stereocenters. The molecule has 5 nitrogen and oxygen atoms in total. The highest BCUT2D eigenvalue weighted by Gasteiger charge is 2.08. The Morgan fingerprint density at radius 1 is 1.12 bits per heavy atom. The fraction of sp³-hybridized carbons (Fsp3) is 0.333. The summed E-state index contributed by atoms with van der Waals surface area (Å²) in [6.07, 6.45) is 1.70. The Kier molecular flexibility index (Phi) is 3.27. The second-order valence-corrected chi connectivity index (χ2v) is 3.35. The van der Waals surface area contributed by atoms with Gasteiger partial charge < -0.3 is 14.2 Å². The lowest BCUT2D eigenvalue weighted by molar-refractivity contribution is 0.314. The van der Waals surface area contributed by atoms with Crippen molar-refractivity contribution < 1.29 is 14.2 Å². The third kappa shape index (κ3) is 2.22.